The number of ether oxygens (including phenoxy) is 2. The molecule has 0 atom stereocenters. The largest absolute Gasteiger partial charge is 0.365 e. The maximum atomic E-state index is 12.4. The van der Waals surface area contributed by atoms with E-state index in [1.54, 1.807) is 7.11 Å². The molecule has 4 aliphatic rings. The van der Waals surface area contributed by atoms with Crippen molar-refractivity contribution in [3.63, 3.8) is 0 Å². The van der Waals surface area contributed by atoms with Gasteiger partial charge in [0.25, 0.3) is 0 Å². The van der Waals surface area contributed by atoms with E-state index < -0.39 is 0 Å². The number of methoxy groups -OCH3 is 1. The van der Waals surface area contributed by atoms with Gasteiger partial charge in [0.15, 0.2) is 0 Å². The first-order chi connectivity index (χ1) is 11.7. The molecule has 0 saturated carbocycles. The molecule has 0 spiro atoms. The topological polar surface area (TPSA) is 87.7 Å². The molecule has 8 nitrogen and oxygen atoms in total. The average Bonchev–Trinajstić information content (AvgIpc) is 3.37. The Morgan fingerprint density at radius 1 is 1.00 bits per heavy atom. The lowest BCUT2D eigenvalue weighted by atomic mass is 10.0. The summed E-state index contributed by atoms with van der Waals surface area (Å²) in [5.74, 6) is 0.0485. The number of Topliss-reactive ketones (excluding diaryl/α,β-unsaturated/α-hetero) is 1. The van der Waals surface area contributed by atoms with Gasteiger partial charge in [-0.1, -0.05) is 0 Å². The van der Waals surface area contributed by atoms with Gasteiger partial charge in [-0.15, -0.1) is 0 Å². The zero-order valence-corrected chi connectivity index (χ0v) is 14.0. The van der Waals surface area contributed by atoms with Gasteiger partial charge in [-0.3, -0.25) is 9.59 Å². The number of rotatable bonds is 7. The molecule has 3 saturated heterocycles. The number of allylic oxidation sites excluding steroid dienone is 1. The van der Waals surface area contributed by atoms with Crippen LogP contribution in [0.2, 0.25) is 0 Å². The minimum absolute atomic E-state index is 0.00546. The fourth-order valence-corrected chi connectivity index (χ4v) is 2.50. The van der Waals surface area contributed by atoms with Crippen LogP contribution in [0.4, 0.5) is 0 Å². The van der Waals surface area contributed by atoms with E-state index in [4.69, 9.17) is 10.5 Å². The van der Waals surface area contributed by atoms with Crippen LogP contribution < -0.4 is 5.73 Å². The van der Waals surface area contributed by atoms with Gasteiger partial charge < -0.3 is 29.9 Å². The third kappa shape index (κ3) is 3.95. The Kier molecular flexibility index (Phi) is 5.17. The summed E-state index contributed by atoms with van der Waals surface area (Å²) < 4.78 is 9.35. The summed E-state index contributed by atoms with van der Waals surface area (Å²) in [4.78, 5) is 30.5. The Bertz CT molecular complexity index is 571. The molecule has 3 fully saturated rings. The molecule has 0 amide bonds. The molecule has 8 heteroatoms. The van der Waals surface area contributed by atoms with Crippen molar-refractivity contribution in [1.82, 2.24) is 14.7 Å². The maximum absolute atomic E-state index is 12.4. The second kappa shape index (κ2) is 7.33. The summed E-state index contributed by atoms with van der Waals surface area (Å²) in [6.45, 7) is 6.89. The molecule has 24 heavy (non-hydrogen) atoms. The highest BCUT2D eigenvalue weighted by atomic mass is 16.7. The van der Waals surface area contributed by atoms with Crippen LogP contribution in [-0.4, -0.2) is 92.6 Å². The van der Waals surface area contributed by atoms with E-state index in [1.165, 1.54) is 6.08 Å². The predicted molar refractivity (Wildman–Crippen MR) is 86.7 cm³/mol. The molecule has 3 aliphatic heterocycles. The predicted octanol–water partition coefficient (Wildman–Crippen LogP) is -1.25. The van der Waals surface area contributed by atoms with Crippen molar-refractivity contribution in [2.24, 2.45) is 5.73 Å². The van der Waals surface area contributed by atoms with Crippen LogP contribution in [0.25, 0.3) is 0 Å². The van der Waals surface area contributed by atoms with Crippen molar-refractivity contribution >= 4 is 11.6 Å². The fourth-order valence-electron chi connectivity index (χ4n) is 2.50. The first-order valence-corrected chi connectivity index (χ1v) is 8.24. The van der Waals surface area contributed by atoms with Crippen LogP contribution in [0.1, 0.15) is 0 Å². The summed E-state index contributed by atoms with van der Waals surface area (Å²) in [5, 5.41) is 0. The first kappa shape index (κ1) is 16.9. The van der Waals surface area contributed by atoms with Crippen molar-refractivity contribution in [2.75, 3.05) is 66.3 Å². The molecular formula is C16H24N4O4. The van der Waals surface area contributed by atoms with E-state index in [2.05, 4.69) is 4.74 Å². The number of carbonyl (C=O) groups is 2. The highest BCUT2D eigenvalue weighted by Crippen LogP contribution is 2.33. The third-order valence-electron chi connectivity index (χ3n) is 3.95. The van der Waals surface area contributed by atoms with Crippen molar-refractivity contribution in [3.05, 3.63) is 23.2 Å². The molecule has 132 valence electrons. The Hall–Kier alpha value is -1.90. The van der Waals surface area contributed by atoms with Gasteiger partial charge >= 0.3 is 0 Å². The number of ketones is 2. The number of nitrogens with two attached hydrogens (primary N) is 1. The van der Waals surface area contributed by atoms with Gasteiger partial charge in [-0.05, 0) is 0 Å². The number of carbonyl (C=O) groups excluding carboxylic acids is 2. The normalized spacial score (nSPS) is 21.6. The molecule has 0 unspecified atom stereocenters. The number of nitrogens with zero attached hydrogens (tertiary/aromatic N) is 3. The Morgan fingerprint density at radius 2 is 1.58 bits per heavy atom. The second-order valence-corrected chi connectivity index (χ2v) is 5.98. The molecule has 3 heterocycles. The smallest absolute Gasteiger partial charge is 0.227 e. The van der Waals surface area contributed by atoms with Crippen molar-refractivity contribution < 1.29 is 19.1 Å². The Balaban J connectivity index is 0.000000209. The average molecular weight is 336 g/mol. The van der Waals surface area contributed by atoms with Gasteiger partial charge in [0.2, 0.25) is 11.6 Å². The molecule has 0 aromatic heterocycles. The highest BCUT2D eigenvalue weighted by Gasteiger charge is 2.43. The molecule has 0 aromatic carbocycles. The fraction of sp³-hybridized carbons (Fsp3) is 0.625. The zero-order valence-electron chi connectivity index (χ0n) is 14.0. The van der Waals surface area contributed by atoms with E-state index >= 15 is 0 Å². The molecule has 0 radical (unpaired) electrons. The van der Waals surface area contributed by atoms with Gasteiger partial charge in [0, 0.05) is 59.0 Å². The minimum atomic E-state index is 0.00546. The molecule has 2 N–H and O–H groups in total. The Labute approximate surface area is 141 Å². The van der Waals surface area contributed by atoms with E-state index in [9.17, 15) is 9.59 Å². The molecule has 1 aliphatic carbocycles. The van der Waals surface area contributed by atoms with E-state index in [0.717, 1.165) is 39.3 Å². The summed E-state index contributed by atoms with van der Waals surface area (Å²) in [6, 6.07) is 0. The molecule has 0 aromatic rings. The molecule has 4 rings (SSSR count). The quantitative estimate of drug-likeness (QED) is 0.267. The summed E-state index contributed by atoms with van der Waals surface area (Å²) in [6.07, 6.45) is 1.52. The van der Waals surface area contributed by atoms with Crippen LogP contribution >= 0.6 is 0 Å². The lowest BCUT2D eigenvalue weighted by Gasteiger charge is -2.21. The number of hydrogen-bond donors (Lipinski definition) is 1. The lowest BCUT2D eigenvalue weighted by Crippen LogP contribution is -2.29. The lowest BCUT2D eigenvalue weighted by molar-refractivity contribution is -0.117. The summed E-state index contributed by atoms with van der Waals surface area (Å²) in [7, 11) is 1.58. The van der Waals surface area contributed by atoms with Crippen molar-refractivity contribution in [1.29, 1.82) is 0 Å². The van der Waals surface area contributed by atoms with E-state index in [-0.39, 0.29) is 11.6 Å². The second-order valence-electron chi connectivity index (χ2n) is 5.98. The summed E-state index contributed by atoms with van der Waals surface area (Å²) in [5.41, 5.74) is 6.98. The summed E-state index contributed by atoms with van der Waals surface area (Å²) >= 11 is 0. The van der Waals surface area contributed by atoms with Gasteiger partial charge in [0.05, 0.1) is 12.3 Å². The highest BCUT2D eigenvalue weighted by molar-refractivity contribution is 6.22. The van der Waals surface area contributed by atoms with E-state index in [1.807, 2.05) is 14.7 Å². The van der Waals surface area contributed by atoms with Gasteiger partial charge in [-0.25, -0.2) is 0 Å². The minimum Gasteiger partial charge on any atom is -0.365 e. The monoisotopic (exact) mass is 336 g/mol. The zero-order chi connectivity index (χ0) is 17.1. The number of hydrogen-bond acceptors (Lipinski definition) is 8. The Morgan fingerprint density at radius 3 is 2.08 bits per heavy atom. The van der Waals surface area contributed by atoms with Crippen LogP contribution in [0.5, 0.6) is 0 Å². The van der Waals surface area contributed by atoms with Crippen LogP contribution in [0.15, 0.2) is 23.2 Å². The molecule has 0 bridgehead atoms. The maximum Gasteiger partial charge on any atom is 0.227 e. The van der Waals surface area contributed by atoms with E-state index in [0.29, 0.717) is 37.0 Å². The van der Waals surface area contributed by atoms with Gasteiger partial charge in [0.1, 0.15) is 18.2 Å². The standard InChI is InChI=1S/C12H13N3O2.C4H11NO2/c16-9-7-8(13-1-2-13)12(17)11(15-5-6-15)10(9)14-3-4-14;1-6-4-7-3-2-5/h7H,1-6H2;2-5H2,1H3. The van der Waals surface area contributed by atoms with Crippen LogP contribution in [-0.2, 0) is 19.1 Å². The van der Waals surface area contributed by atoms with Crippen LogP contribution in [0.3, 0.4) is 0 Å². The van der Waals surface area contributed by atoms with Crippen LogP contribution in [0, 0.1) is 0 Å². The van der Waals surface area contributed by atoms with Crippen molar-refractivity contribution in [3.8, 4) is 0 Å². The third-order valence-corrected chi connectivity index (χ3v) is 3.95. The van der Waals surface area contributed by atoms with Crippen molar-refractivity contribution in [2.45, 2.75) is 0 Å². The molecular weight excluding hydrogens is 312 g/mol. The first-order valence-electron chi connectivity index (χ1n) is 8.24. The van der Waals surface area contributed by atoms with Gasteiger partial charge in [-0.2, -0.15) is 0 Å². The SMILES string of the molecule is COCOCCN.O=C1C=C(N2CC2)C(=O)C(N2CC2)=C1N1CC1.